The van der Waals surface area contributed by atoms with Gasteiger partial charge in [-0.05, 0) is 42.8 Å². The van der Waals surface area contributed by atoms with Gasteiger partial charge in [0.1, 0.15) is 11.9 Å². The van der Waals surface area contributed by atoms with Gasteiger partial charge < -0.3 is 9.80 Å². The molecule has 0 N–H and O–H groups in total. The number of halogens is 1. The van der Waals surface area contributed by atoms with E-state index in [4.69, 9.17) is 16.6 Å². The molecule has 1 saturated heterocycles. The number of nitrogens with zero attached hydrogens (tertiary/aromatic N) is 5. The Morgan fingerprint density at radius 2 is 1.75 bits per heavy atom. The smallest absolute Gasteiger partial charge is 0.157 e. The number of anilines is 1. The van der Waals surface area contributed by atoms with E-state index in [-0.39, 0.29) is 0 Å². The van der Waals surface area contributed by atoms with Gasteiger partial charge in [0.25, 0.3) is 0 Å². The molecule has 0 unspecified atom stereocenters. The summed E-state index contributed by atoms with van der Waals surface area (Å²) in [6, 6.07) is 18.6. The maximum absolute atomic E-state index is 10.1. The molecular weight excluding hydrogens is 418 g/mol. The van der Waals surface area contributed by atoms with E-state index in [0.29, 0.717) is 12.0 Å². The van der Waals surface area contributed by atoms with E-state index in [1.807, 2.05) is 36.4 Å². The van der Waals surface area contributed by atoms with Crippen LogP contribution >= 0.6 is 11.6 Å². The van der Waals surface area contributed by atoms with Gasteiger partial charge in [-0.1, -0.05) is 48.9 Å². The molecule has 0 spiro atoms. The SMILES string of the molecule is CCN1CCN(c2c(Cc3ccccc3Cl)c(C)c(C#N)c3nc4ccccc4n23)CC1. The van der Waals surface area contributed by atoms with Gasteiger partial charge >= 0.3 is 0 Å². The van der Waals surface area contributed by atoms with Crippen LogP contribution in [0.3, 0.4) is 0 Å². The maximum Gasteiger partial charge on any atom is 0.157 e. The number of hydrogen-bond donors (Lipinski definition) is 0. The molecular formula is C26H26ClN5. The molecule has 3 heterocycles. The molecule has 162 valence electrons. The molecule has 2 aromatic heterocycles. The van der Waals surface area contributed by atoms with Crippen LogP contribution in [0.25, 0.3) is 16.7 Å². The Bertz CT molecular complexity index is 1340. The van der Waals surface area contributed by atoms with Gasteiger partial charge in [-0.2, -0.15) is 5.26 Å². The first-order valence-corrected chi connectivity index (χ1v) is 11.5. The van der Waals surface area contributed by atoms with Crippen molar-refractivity contribution < 1.29 is 0 Å². The highest BCUT2D eigenvalue weighted by Crippen LogP contribution is 2.36. The largest absolute Gasteiger partial charge is 0.355 e. The molecule has 1 fully saturated rings. The third kappa shape index (κ3) is 3.40. The Balaban J connectivity index is 1.80. The summed E-state index contributed by atoms with van der Waals surface area (Å²) in [5.41, 5.74) is 6.53. The highest BCUT2D eigenvalue weighted by Gasteiger charge is 2.26. The van der Waals surface area contributed by atoms with Gasteiger partial charge in [0, 0.05) is 43.2 Å². The minimum absolute atomic E-state index is 0.638. The minimum atomic E-state index is 0.638. The summed E-state index contributed by atoms with van der Waals surface area (Å²) in [4.78, 5) is 9.82. The molecule has 1 aliphatic heterocycles. The standard InChI is InChI=1S/C26H26ClN5/c1-3-30-12-14-31(15-13-30)26-20(16-19-8-4-5-9-22(19)27)18(2)21(17-28)25-29-23-10-6-7-11-24(23)32(25)26/h4-11H,3,12-16H2,1-2H3. The third-order valence-electron chi connectivity index (χ3n) is 6.65. The molecule has 2 aromatic carbocycles. The lowest BCUT2D eigenvalue weighted by Gasteiger charge is -2.37. The van der Waals surface area contributed by atoms with Crippen LogP contribution in [0.2, 0.25) is 5.02 Å². The summed E-state index contributed by atoms with van der Waals surface area (Å²) in [6.07, 6.45) is 0.673. The molecule has 5 rings (SSSR count). The van der Waals surface area contributed by atoms with E-state index in [9.17, 15) is 5.26 Å². The second kappa shape index (κ2) is 8.46. The Morgan fingerprint density at radius 3 is 2.47 bits per heavy atom. The van der Waals surface area contributed by atoms with Crippen LogP contribution in [-0.4, -0.2) is 47.0 Å². The van der Waals surface area contributed by atoms with Crippen LogP contribution in [0.1, 0.15) is 29.2 Å². The van der Waals surface area contributed by atoms with Crippen LogP contribution < -0.4 is 4.90 Å². The third-order valence-corrected chi connectivity index (χ3v) is 7.02. The van der Waals surface area contributed by atoms with Crippen molar-refractivity contribution in [1.29, 1.82) is 5.26 Å². The van der Waals surface area contributed by atoms with Gasteiger partial charge in [0.15, 0.2) is 5.65 Å². The minimum Gasteiger partial charge on any atom is -0.355 e. The van der Waals surface area contributed by atoms with Crippen molar-refractivity contribution in [3.8, 4) is 6.07 Å². The number of pyridine rings is 1. The molecule has 0 atom stereocenters. The molecule has 0 aliphatic carbocycles. The first kappa shape index (κ1) is 20.8. The Morgan fingerprint density at radius 1 is 1.03 bits per heavy atom. The molecule has 0 bridgehead atoms. The second-order valence-corrected chi connectivity index (χ2v) is 8.77. The highest BCUT2D eigenvalue weighted by atomic mass is 35.5. The average Bonchev–Trinajstić information content (AvgIpc) is 3.20. The molecule has 0 radical (unpaired) electrons. The van der Waals surface area contributed by atoms with Gasteiger partial charge in [0.2, 0.25) is 0 Å². The predicted octanol–water partition coefficient (Wildman–Crippen LogP) is 5.05. The lowest BCUT2D eigenvalue weighted by molar-refractivity contribution is 0.270. The zero-order chi connectivity index (χ0) is 22.2. The van der Waals surface area contributed by atoms with Crippen molar-refractivity contribution in [3.05, 3.63) is 75.8 Å². The number of imidazole rings is 1. The molecule has 6 heteroatoms. The quantitative estimate of drug-likeness (QED) is 0.442. The first-order valence-electron chi connectivity index (χ1n) is 11.2. The number of fused-ring (bicyclic) bond motifs is 3. The zero-order valence-corrected chi connectivity index (χ0v) is 19.2. The summed E-state index contributed by atoms with van der Waals surface area (Å²) in [7, 11) is 0. The van der Waals surface area contributed by atoms with E-state index in [2.05, 4.69) is 46.2 Å². The average molecular weight is 444 g/mol. The van der Waals surface area contributed by atoms with Crippen LogP contribution in [0.5, 0.6) is 0 Å². The van der Waals surface area contributed by atoms with Gasteiger partial charge in [-0.15, -0.1) is 0 Å². The zero-order valence-electron chi connectivity index (χ0n) is 18.5. The van der Waals surface area contributed by atoms with E-state index in [1.165, 1.54) is 0 Å². The van der Waals surface area contributed by atoms with Crippen molar-refractivity contribution in [2.24, 2.45) is 0 Å². The molecule has 4 aromatic rings. The normalized spacial score (nSPS) is 14.9. The highest BCUT2D eigenvalue weighted by molar-refractivity contribution is 6.31. The summed E-state index contributed by atoms with van der Waals surface area (Å²) in [5, 5.41) is 10.9. The fourth-order valence-corrected chi connectivity index (χ4v) is 5.02. The van der Waals surface area contributed by atoms with E-state index >= 15 is 0 Å². The number of rotatable bonds is 4. The van der Waals surface area contributed by atoms with Gasteiger partial charge in [-0.25, -0.2) is 4.98 Å². The van der Waals surface area contributed by atoms with Crippen LogP contribution in [0.15, 0.2) is 48.5 Å². The number of hydrogen-bond acceptors (Lipinski definition) is 4. The van der Waals surface area contributed by atoms with Crippen molar-refractivity contribution >= 4 is 34.1 Å². The summed E-state index contributed by atoms with van der Waals surface area (Å²) >= 11 is 6.56. The predicted molar refractivity (Wildman–Crippen MR) is 131 cm³/mol. The van der Waals surface area contributed by atoms with Crippen LogP contribution in [0, 0.1) is 18.3 Å². The number of aromatic nitrogens is 2. The van der Waals surface area contributed by atoms with Crippen molar-refractivity contribution in [2.45, 2.75) is 20.3 Å². The molecule has 0 amide bonds. The van der Waals surface area contributed by atoms with Crippen LogP contribution in [-0.2, 0) is 6.42 Å². The molecule has 1 aliphatic rings. The first-order chi connectivity index (χ1) is 15.6. The van der Waals surface area contributed by atoms with E-state index in [0.717, 1.165) is 76.9 Å². The Kier molecular flexibility index (Phi) is 5.50. The number of piperazine rings is 1. The number of likely N-dealkylation sites (N-methyl/N-ethyl adjacent to an activating group) is 1. The maximum atomic E-state index is 10.1. The van der Waals surface area contributed by atoms with Crippen molar-refractivity contribution in [2.75, 3.05) is 37.6 Å². The lowest BCUT2D eigenvalue weighted by Crippen LogP contribution is -2.47. The van der Waals surface area contributed by atoms with Crippen molar-refractivity contribution in [3.63, 3.8) is 0 Å². The summed E-state index contributed by atoms with van der Waals surface area (Å²) in [6.45, 7) is 9.26. The topological polar surface area (TPSA) is 47.6 Å². The molecule has 32 heavy (non-hydrogen) atoms. The van der Waals surface area contributed by atoms with Crippen LogP contribution in [0.4, 0.5) is 5.82 Å². The fraction of sp³-hybridized carbons (Fsp3) is 0.308. The summed E-state index contributed by atoms with van der Waals surface area (Å²) < 4.78 is 2.20. The number of para-hydroxylation sites is 2. The monoisotopic (exact) mass is 443 g/mol. The number of nitriles is 1. The Hall–Kier alpha value is -3.07. The Labute approximate surface area is 193 Å². The fourth-order valence-electron chi connectivity index (χ4n) is 4.82. The molecule has 5 nitrogen and oxygen atoms in total. The number of benzene rings is 2. The second-order valence-electron chi connectivity index (χ2n) is 8.36. The lowest BCUT2D eigenvalue weighted by atomic mass is 9.97. The van der Waals surface area contributed by atoms with Crippen molar-refractivity contribution in [1.82, 2.24) is 14.3 Å². The van der Waals surface area contributed by atoms with E-state index < -0.39 is 0 Å². The van der Waals surface area contributed by atoms with Gasteiger partial charge in [0.05, 0.1) is 16.6 Å². The van der Waals surface area contributed by atoms with E-state index in [1.54, 1.807) is 0 Å². The molecule has 0 saturated carbocycles. The summed E-state index contributed by atoms with van der Waals surface area (Å²) in [5.74, 6) is 1.14. The van der Waals surface area contributed by atoms with Gasteiger partial charge in [-0.3, -0.25) is 4.40 Å².